The van der Waals surface area contributed by atoms with Gasteiger partial charge in [-0.25, -0.2) is 4.79 Å². The summed E-state index contributed by atoms with van der Waals surface area (Å²) in [5.74, 6) is -0.499. The van der Waals surface area contributed by atoms with E-state index in [4.69, 9.17) is 4.74 Å². The van der Waals surface area contributed by atoms with E-state index < -0.39 is 12.1 Å². The molecule has 2 N–H and O–H groups in total. The van der Waals surface area contributed by atoms with Crippen LogP contribution in [0.4, 0.5) is 22.7 Å². The molecule has 0 aliphatic heterocycles. The van der Waals surface area contributed by atoms with Gasteiger partial charge >= 0.3 is 5.97 Å². The lowest BCUT2D eigenvalue weighted by Gasteiger charge is -2.27. The molecule has 3 aromatic carbocycles. The molecule has 1 unspecified atom stereocenters. The van der Waals surface area contributed by atoms with Crippen LogP contribution in [0.2, 0.25) is 0 Å². The van der Waals surface area contributed by atoms with E-state index in [0.29, 0.717) is 5.57 Å². The van der Waals surface area contributed by atoms with Gasteiger partial charge in [0.25, 0.3) is 0 Å². The van der Waals surface area contributed by atoms with E-state index in [2.05, 4.69) is 48.0 Å². The van der Waals surface area contributed by atoms with Crippen molar-refractivity contribution in [2.45, 2.75) is 20.0 Å². The van der Waals surface area contributed by atoms with E-state index in [1.807, 2.05) is 54.6 Å². The van der Waals surface area contributed by atoms with Gasteiger partial charge in [-0.2, -0.15) is 0 Å². The average molecular weight is 417 g/mol. The first-order valence-electron chi connectivity index (χ1n) is 10.2. The number of hydrogen-bond acceptors (Lipinski definition) is 5. The van der Waals surface area contributed by atoms with Crippen molar-refractivity contribution in [3.63, 3.8) is 0 Å². The van der Waals surface area contributed by atoms with Gasteiger partial charge < -0.3 is 20.1 Å². The molecule has 1 atom stereocenters. The first-order chi connectivity index (χ1) is 15.0. The second-order valence-electron chi connectivity index (χ2n) is 7.42. The minimum absolute atomic E-state index is 0.0775. The van der Waals surface area contributed by atoms with Crippen molar-refractivity contribution in [3.8, 4) is 0 Å². The van der Waals surface area contributed by atoms with E-state index in [-0.39, 0.29) is 13.2 Å². The Kier molecular flexibility index (Phi) is 7.46. The number of esters is 1. The first kappa shape index (κ1) is 22.1. The third-order valence-electron chi connectivity index (χ3n) is 4.79. The molecule has 0 fully saturated rings. The summed E-state index contributed by atoms with van der Waals surface area (Å²) in [5.41, 5.74) is 5.58. The van der Waals surface area contributed by atoms with E-state index in [0.717, 1.165) is 22.7 Å². The van der Waals surface area contributed by atoms with Gasteiger partial charge in [0.05, 0.1) is 0 Å². The zero-order valence-electron chi connectivity index (χ0n) is 17.9. The number of carbonyl (C=O) groups excluding carboxylic acids is 1. The van der Waals surface area contributed by atoms with E-state index in [1.165, 1.54) is 5.56 Å². The summed E-state index contributed by atoms with van der Waals surface area (Å²) in [6.45, 7) is 7.39. The van der Waals surface area contributed by atoms with Crippen molar-refractivity contribution < 1.29 is 14.6 Å². The van der Waals surface area contributed by atoms with Crippen LogP contribution in [0.1, 0.15) is 12.5 Å². The van der Waals surface area contributed by atoms with Crippen molar-refractivity contribution in [1.82, 2.24) is 0 Å². The highest BCUT2D eigenvalue weighted by atomic mass is 16.5. The van der Waals surface area contributed by atoms with E-state index in [1.54, 1.807) is 6.92 Å². The van der Waals surface area contributed by atoms with Gasteiger partial charge in [-0.05, 0) is 61.9 Å². The first-order valence-corrected chi connectivity index (χ1v) is 10.2. The fourth-order valence-electron chi connectivity index (χ4n) is 3.14. The van der Waals surface area contributed by atoms with Crippen molar-refractivity contribution in [1.29, 1.82) is 0 Å². The van der Waals surface area contributed by atoms with Gasteiger partial charge in [-0.3, -0.25) is 0 Å². The predicted molar refractivity (Wildman–Crippen MR) is 126 cm³/mol. The maximum Gasteiger partial charge on any atom is 0.333 e. The Hall–Kier alpha value is -3.57. The van der Waals surface area contributed by atoms with Crippen LogP contribution in [0.25, 0.3) is 0 Å². The van der Waals surface area contributed by atoms with Crippen LogP contribution in [-0.4, -0.2) is 30.3 Å². The van der Waals surface area contributed by atoms with Crippen molar-refractivity contribution >= 4 is 28.7 Å². The molecule has 0 spiro atoms. The highest BCUT2D eigenvalue weighted by molar-refractivity contribution is 5.86. The number of rotatable bonds is 9. The quantitative estimate of drug-likeness (QED) is 0.363. The largest absolute Gasteiger partial charge is 0.460 e. The SMILES string of the molecule is C=C(C)C(=O)OCC(O)CNc1ccc(N(c2ccccc2)c2ccccc2C)cc1. The summed E-state index contributed by atoms with van der Waals surface area (Å²) in [7, 11) is 0. The number of hydrogen-bond donors (Lipinski definition) is 2. The molecule has 31 heavy (non-hydrogen) atoms. The maximum absolute atomic E-state index is 11.4. The molecule has 3 aromatic rings. The third kappa shape index (κ3) is 5.96. The summed E-state index contributed by atoms with van der Waals surface area (Å²) in [4.78, 5) is 13.6. The van der Waals surface area contributed by atoms with Gasteiger partial charge in [-0.1, -0.05) is 43.0 Å². The molecule has 3 rings (SSSR count). The number of benzene rings is 3. The number of aliphatic hydroxyl groups excluding tert-OH is 1. The summed E-state index contributed by atoms with van der Waals surface area (Å²) in [5, 5.41) is 13.2. The Morgan fingerprint density at radius 2 is 1.61 bits per heavy atom. The molecule has 0 aliphatic rings. The number of aryl methyl sites for hydroxylation is 1. The fourth-order valence-corrected chi connectivity index (χ4v) is 3.14. The predicted octanol–water partition coefficient (Wildman–Crippen LogP) is 5.36. The molecule has 0 radical (unpaired) electrons. The Balaban J connectivity index is 1.71. The number of carbonyl (C=O) groups is 1. The van der Waals surface area contributed by atoms with E-state index >= 15 is 0 Å². The zero-order valence-corrected chi connectivity index (χ0v) is 17.9. The summed E-state index contributed by atoms with van der Waals surface area (Å²) >= 11 is 0. The van der Waals surface area contributed by atoms with Crippen LogP contribution in [0.5, 0.6) is 0 Å². The molecular weight excluding hydrogens is 388 g/mol. The van der Waals surface area contributed by atoms with E-state index in [9.17, 15) is 9.90 Å². The van der Waals surface area contributed by atoms with Gasteiger partial charge in [0.1, 0.15) is 12.7 Å². The number of nitrogens with zero attached hydrogens (tertiary/aromatic N) is 1. The smallest absolute Gasteiger partial charge is 0.333 e. The highest BCUT2D eigenvalue weighted by Crippen LogP contribution is 2.36. The number of anilines is 4. The standard InChI is InChI=1S/C26H28N2O3/c1-19(2)26(30)31-18-24(29)17-27-21-13-15-23(16-14-21)28(22-10-5-4-6-11-22)25-12-8-7-9-20(25)3/h4-16,24,27,29H,1,17-18H2,2-3H3. The Bertz CT molecular complexity index is 1020. The zero-order chi connectivity index (χ0) is 22.2. The van der Waals surface area contributed by atoms with Crippen molar-refractivity contribution in [3.05, 3.63) is 96.6 Å². The summed E-state index contributed by atoms with van der Waals surface area (Å²) < 4.78 is 4.98. The Labute approximate surface area is 183 Å². The normalized spacial score (nSPS) is 11.5. The van der Waals surface area contributed by atoms with Crippen LogP contribution in [0.15, 0.2) is 91.0 Å². The summed E-state index contributed by atoms with van der Waals surface area (Å²) in [6.07, 6.45) is -0.809. The van der Waals surface area contributed by atoms with Crippen molar-refractivity contribution in [2.75, 3.05) is 23.4 Å². The Morgan fingerprint density at radius 3 is 2.26 bits per heavy atom. The van der Waals surface area contributed by atoms with Crippen LogP contribution in [0.3, 0.4) is 0 Å². The molecule has 0 bridgehead atoms. The van der Waals surface area contributed by atoms with Crippen LogP contribution in [0, 0.1) is 6.92 Å². The topological polar surface area (TPSA) is 61.8 Å². The Morgan fingerprint density at radius 1 is 1.00 bits per heavy atom. The third-order valence-corrected chi connectivity index (χ3v) is 4.79. The molecule has 5 heteroatoms. The fraction of sp³-hybridized carbons (Fsp3) is 0.192. The number of para-hydroxylation sites is 2. The lowest BCUT2D eigenvalue weighted by molar-refractivity contribution is -0.141. The van der Waals surface area contributed by atoms with Gasteiger partial charge in [0, 0.05) is 34.9 Å². The highest BCUT2D eigenvalue weighted by Gasteiger charge is 2.14. The number of ether oxygens (including phenoxy) is 1. The maximum atomic E-state index is 11.4. The molecular formula is C26H28N2O3. The van der Waals surface area contributed by atoms with Gasteiger partial charge in [0.2, 0.25) is 0 Å². The van der Waals surface area contributed by atoms with Crippen LogP contribution >= 0.6 is 0 Å². The van der Waals surface area contributed by atoms with Crippen LogP contribution in [-0.2, 0) is 9.53 Å². The molecule has 0 saturated carbocycles. The average Bonchev–Trinajstić information content (AvgIpc) is 2.79. The number of nitrogens with one attached hydrogen (secondary N) is 1. The second-order valence-corrected chi connectivity index (χ2v) is 7.42. The minimum Gasteiger partial charge on any atom is -0.460 e. The van der Waals surface area contributed by atoms with Gasteiger partial charge in [0.15, 0.2) is 0 Å². The molecule has 0 saturated heterocycles. The minimum atomic E-state index is -0.809. The molecule has 0 amide bonds. The molecule has 160 valence electrons. The molecule has 0 aliphatic carbocycles. The molecule has 5 nitrogen and oxygen atoms in total. The molecule has 0 aromatic heterocycles. The van der Waals surface area contributed by atoms with Crippen molar-refractivity contribution in [2.24, 2.45) is 0 Å². The molecule has 0 heterocycles. The lowest BCUT2D eigenvalue weighted by Crippen LogP contribution is -2.26. The summed E-state index contributed by atoms with van der Waals surface area (Å²) in [6, 6.07) is 26.5. The monoisotopic (exact) mass is 416 g/mol. The second kappa shape index (κ2) is 10.5. The lowest BCUT2D eigenvalue weighted by atomic mass is 10.1. The van der Waals surface area contributed by atoms with Gasteiger partial charge in [-0.15, -0.1) is 0 Å². The number of aliphatic hydroxyl groups is 1. The van der Waals surface area contributed by atoms with Crippen LogP contribution < -0.4 is 10.2 Å².